The molecule has 0 atom stereocenters. The summed E-state index contributed by atoms with van der Waals surface area (Å²) in [7, 11) is 0. The molecule has 2 rings (SSSR count). The average Bonchev–Trinajstić information content (AvgIpc) is 2.19. The van der Waals surface area contributed by atoms with Crippen molar-refractivity contribution in [3.05, 3.63) is 35.0 Å². The van der Waals surface area contributed by atoms with Crippen LogP contribution in [0.15, 0.2) is 24.4 Å². The lowest BCUT2D eigenvalue weighted by Gasteiger charge is -2.06. The van der Waals surface area contributed by atoms with Crippen LogP contribution in [0.2, 0.25) is 5.02 Å². The maximum absolute atomic E-state index is 5.99. The predicted octanol–water partition coefficient (Wildman–Crippen LogP) is 2.48. The number of nitrogen functional groups attached to an aromatic ring is 1. The molecule has 0 aliphatic rings. The molecule has 14 heavy (non-hydrogen) atoms. The number of rotatable bonds is 1. The summed E-state index contributed by atoms with van der Waals surface area (Å²) in [4.78, 5) is 4.21. The Morgan fingerprint density at radius 1 is 1.43 bits per heavy atom. The summed E-state index contributed by atoms with van der Waals surface area (Å²) >= 11 is 5.99. The van der Waals surface area contributed by atoms with Crippen molar-refractivity contribution in [2.45, 2.75) is 6.92 Å². The third-order valence-electron chi connectivity index (χ3n) is 2.18. The minimum absolute atomic E-state index is 0.721. The number of aryl methyl sites for hydroxylation is 1. The molecule has 0 unspecified atom stereocenters. The Morgan fingerprint density at radius 3 is 2.93 bits per heavy atom. The molecule has 1 aromatic heterocycles. The summed E-state index contributed by atoms with van der Waals surface area (Å²) in [6.45, 7) is 1.95. The number of halogens is 1. The van der Waals surface area contributed by atoms with Gasteiger partial charge in [-0.3, -0.25) is 10.8 Å². The Labute approximate surface area is 86.9 Å². The van der Waals surface area contributed by atoms with Crippen LogP contribution in [-0.2, 0) is 0 Å². The molecule has 2 aromatic rings. The SMILES string of the molecule is Cc1cc2c(NN)ccnc2cc1Cl. The molecule has 0 aliphatic heterocycles. The molecule has 0 saturated heterocycles. The number of pyridine rings is 1. The molecule has 0 spiro atoms. The second kappa shape index (κ2) is 3.44. The van der Waals surface area contributed by atoms with Gasteiger partial charge < -0.3 is 5.43 Å². The monoisotopic (exact) mass is 207 g/mol. The van der Waals surface area contributed by atoms with Crippen LogP contribution in [0.3, 0.4) is 0 Å². The van der Waals surface area contributed by atoms with E-state index in [1.807, 2.05) is 25.1 Å². The van der Waals surface area contributed by atoms with E-state index < -0.39 is 0 Å². The van der Waals surface area contributed by atoms with Gasteiger partial charge in [0.25, 0.3) is 0 Å². The molecule has 0 saturated carbocycles. The summed E-state index contributed by atoms with van der Waals surface area (Å²) < 4.78 is 0. The summed E-state index contributed by atoms with van der Waals surface area (Å²) in [5, 5.41) is 1.70. The number of nitrogens with zero attached hydrogens (tertiary/aromatic N) is 1. The maximum Gasteiger partial charge on any atom is 0.0738 e. The number of anilines is 1. The predicted molar refractivity (Wildman–Crippen MR) is 59.3 cm³/mol. The highest BCUT2D eigenvalue weighted by molar-refractivity contribution is 6.32. The Morgan fingerprint density at radius 2 is 2.21 bits per heavy atom. The number of hydrogen-bond acceptors (Lipinski definition) is 3. The van der Waals surface area contributed by atoms with Gasteiger partial charge in [-0.2, -0.15) is 0 Å². The van der Waals surface area contributed by atoms with Crippen LogP contribution in [-0.4, -0.2) is 4.98 Å². The van der Waals surface area contributed by atoms with Crippen LogP contribution < -0.4 is 11.3 Å². The number of nitrogens with two attached hydrogens (primary N) is 1. The Kier molecular flexibility index (Phi) is 2.27. The second-order valence-corrected chi connectivity index (χ2v) is 3.53. The molecule has 0 fully saturated rings. The molecule has 3 N–H and O–H groups in total. The van der Waals surface area contributed by atoms with Gasteiger partial charge in [-0.25, -0.2) is 0 Å². The zero-order valence-electron chi connectivity index (χ0n) is 7.71. The molecule has 4 heteroatoms. The van der Waals surface area contributed by atoms with Gasteiger partial charge in [0.2, 0.25) is 0 Å². The average molecular weight is 208 g/mol. The van der Waals surface area contributed by atoms with Crippen LogP contribution in [0, 0.1) is 6.92 Å². The van der Waals surface area contributed by atoms with Crippen molar-refractivity contribution < 1.29 is 0 Å². The highest BCUT2D eigenvalue weighted by Gasteiger charge is 2.03. The number of aromatic nitrogens is 1. The Hall–Kier alpha value is -1.32. The summed E-state index contributed by atoms with van der Waals surface area (Å²) in [6, 6.07) is 5.64. The van der Waals surface area contributed by atoms with Crippen molar-refractivity contribution in [2.24, 2.45) is 5.84 Å². The first-order valence-electron chi connectivity index (χ1n) is 4.24. The molecule has 3 nitrogen and oxygen atoms in total. The third-order valence-corrected chi connectivity index (χ3v) is 2.58. The zero-order chi connectivity index (χ0) is 10.1. The fourth-order valence-corrected chi connectivity index (χ4v) is 1.56. The Bertz CT molecular complexity index is 482. The minimum atomic E-state index is 0.721. The van der Waals surface area contributed by atoms with Gasteiger partial charge in [0.15, 0.2) is 0 Å². The van der Waals surface area contributed by atoms with E-state index in [0.717, 1.165) is 27.2 Å². The topological polar surface area (TPSA) is 50.9 Å². The molecular formula is C10H10ClN3. The molecule has 72 valence electrons. The van der Waals surface area contributed by atoms with Gasteiger partial charge in [-0.1, -0.05) is 11.6 Å². The smallest absolute Gasteiger partial charge is 0.0738 e. The van der Waals surface area contributed by atoms with E-state index in [2.05, 4.69) is 10.4 Å². The van der Waals surface area contributed by atoms with E-state index in [1.165, 1.54) is 0 Å². The van der Waals surface area contributed by atoms with Crippen LogP contribution in [0.25, 0.3) is 10.9 Å². The molecule has 0 radical (unpaired) electrons. The lowest BCUT2D eigenvalue weighted by Crippen LogP contribution is -2.07. The zero-order valence-corrected chi connectivity index (χ0v) is 8.47. The molecule has 0 aliphatic carbocycles. The largest absolute Gasteiger partial charge is 0.323 e. The van der Waals surface area contributed by atoms with Crippen molar-refractivity contribution in [3.63, 3.8) is 0 Å². The van der Waals surface area contributed by atoms with Crippen LogP contribution >= 0.6 is 11.6 Å². The van der Waals surface area contributed by atoms with E-state index in [0.29, 0.717) is 0 Å². The van der Waals surface area contributed by atoms with Gasteiger partial charge in [0.1, 0.15) is 0 Å². The minimum Gasteiger partial charge on any atom is -0.323 e. The number of benzene rings is 1. The van der Waals surface area contributed by atoms with Crippen molar-refractivity contribution in [1.82, 2.24) is 4.98 Å². The first-order chi connectivity index (χ1) is 6.72. The molecular weight excluding hydrogens is 198 g/mol. The van der Waals surface area contributed by atoms with Gasteiger partial charge >= 0.3 is 0 Å². The van der Waals surface area contributed by atoms with Crippen LogP contribution in [0.5, 0.6) is 0 Å². The molecule has 0 amide bonds. The van der Waals surface area contributed by atoms with E-state index in [9.17, 15) is 0 Å². The number of fused-ring (bicyclic) bond motifs is 1. The van der Waals surface area contributed by atoms with E-state index in [-0.39, 0.29) is 0 Å². The summed E-state index contributed by atoms with van der Waals surface area (Å²) in [5.74, 6) is 5.39. The Balaban J connectivity index is 2.81. The van der Waals surface area contributed by atoms with Crippen LogP contribution in [0.4, 0.5) is 5.69 Å². The molecule has 1 aromatic carbocycles. The van der Waals surface area contributed by atoms with E-state index >= 15 is 0 Å². The van der Waals surface area contributed by atoms with Gasteiger partial charge in [-0.15, -0.1) is 0 Å². The van der Waals surface area contributed by atoms with Crippen LogP contribution in [0.1, 0.15) is 5.56 Å². The normalized spacial score (nSPS) is 10.5. The second-order valence-electron chi connectivity index (χ2n) is 3.12. The standard InChI is InChI=1S/C10H10ClN3/c1-6-4-7-9(14-12)2-3-13-10(7)5-8(6)11/h2-5H,12H2,1H3,(H,13,14). The maximum atomic E-state index is 5.99. The number of hydrogen-bond donors (Lipinski definition) is 2. The summed E-state index contributed by atoms with van der Waals surface area (Å²) in [6.07, 6.45) is 1.70. The molecule has 1 heterocycles. The fraction of sp³-hybridized carbons (Fsp3) is 0.100. The quantitative estimate of drug-likeness (QED) is 0.558. The fourth-order valence-electron chi connectivity index (χ4n) is 1.40. The highest BCUT2D eigenvalue weighted by Crippen LogP contribution is 2.26. The first-order valence-corrected chi connectivity index (χ1v) is 4.61. The van der Waals surface area contributed by atoms with Crippen molar-refractivity contribution in [3.8, 4) is 0 Å². The van der Waals surface area contributed by atoms with Crippen molar-refractivity contribution in [1.29, 1.82) is 0 Å². The lowest BCUT2D eigenvalue weighted by atomic mass is 10.1. The summed E-state index contributed by atoms with van der Waals surface area (Å²) in [5.41, 5.74) is 5.35. The van der Waals surface area contributed by atoms with Gasteiger partial charge in [0, 0.05) is 16.6 Å². The van der Waals surface area contributed by atoms with E-state index in [4.69, 9.17) is 17.4 Å². The van der Waals surface area contributed by atoms with Crippen molar-refractivity contribution in [2.75, 3.05) is 5.43 Å². The number of nitrogens with one attached hydrogen (secondary N) is 1. The van der Waals surface area contributed by atoms with Gasteiger partial charge in [0.05, 0.1) is 11.2 Å². The van der Waals surface area contributed by atoms with Crippen molar-refractivity contribution >= 4 is 28.2 Å². The van der Waals surface area contributed by atoms with E-state index in [1.54, 1.807) is 6.20 Å². The van der Waals surface area contributed by atoms with Gasteiger partial charge in [-0.05, 0) is 30.7 Å². The number of hydrazine groups is 1. The first kappa shape index (κ1) is 9.24. The lowest BCUT2D eigenvalue weighted by molar-refractivity contribution is 1.33. The molecule has 0 bridgehead atoms. The highest BCUT2D eigenvalue weighted by atomic mass is 35.5. The third kappa shape index (κ3) is 1.41.